The molecule has 0 saturated carbocycles. The van der Waals surface area contributed by atoms with Crippen molar-refractivity contribution in [3.05, 3.63) is 89.5 Å². The molecule has 0 spiro atoms. The summed E-state index contributed by atoms with van der Waals surface area (Å²) in [4.78, 5) is 4.15. The SMILES string of the molecule is Cc1ccccc1SP(Sc1ccccc1C)Sc1ccccc1C. The van der Waals surface area contributed by atoms with Crippen molar-refractivity contribution in [1.29, 1.82) is 0 Å². The largest absolute Gasteiger partial charge is 0.0877 e. The molecule has 0 aliphatic heterocycles. The molecule has 0 radical (unpaired) electrons. The first-order valence-corrected chi connectivity index (χ1v) is 13.7. The molecule has 3 aromatic carbocycles. The monoisotopic (exact) mass is 400 g/mol. The van der Waals surface area contributed by atoms with Gasteiger partial charge in [0.2, 0.25) is 0 Å². The Hall–Kier alpha value is -0.860. The molecule has 0 atom stereocenters. The Bertz CT molecular complexity index is 735. The molecule has 3 rings (SSSR count). The standard InChI is InChI=1S/C21H21PS3/c1-16-10-4-7-13-19(16)23-22(24-20-14-8-5-11-17(20)2)25-21-15-9-6-12-18(21)3/h4-15H,1-3H3. The zero-order valence-electron chi connectivity index (χ0n) is 14.6. The minimum Gasteiger partial charge on any atom is -0.0751 e. The van der Waals surface area contributed by atoms with Gasteiger partial charge in [0, 0.05) is 14.7 Å². The van der Waals surface area contributed by atoms with Crippen molar-refractivity contribution >= 4 is 39.7 Å². The molecule has 0 bridgehead atoms. The number of rotatable bonds is 6. The summed E-state index contributed by atoms with van der Waals surface area (Å²) in [5.74, 6) is 0. The summed E-state index contributed by atoms with van der Waals surface area (Å²) in [7, 11) is 0. The van der Waals surface area contributed by atoms with Gasteiger partial charge >= 0.3 is 0 Å². The third-order valence-electron chi connectivity index (χ3n) is 3.80. The van der Waals surface area contributed by atoms with Crippen molar-refractivity contribution in [1.82, 2.24) is 0 Å². The zero-order valence-corrected chi connectivity index (χ0v) is 17.9. The van der Waals surface area contributed by atoms with Crippen LogP contribution in [0.2, 0.25) is 0 Å². The van der Waals surface area contributed by atoms with Gasteiger partial charge in [-0.1, -0.05) is 88.7 Å². The molecule has 0 aromatic heterocycles. The molecular formula is C21H21PS3. The first kappa shape index (κ1) is 18.9. The van der Waals surface area contributed by atoms with E-state index in [1.807, 2.05) is 34.1 Å². The Kier molecular flexibility index (Phi) is 6.95. The van der Waals surface area contributed by atoms with E-state index in [1.165, 1.54) is 31.4 Å². The molecular weight excluding hydrogens is 379 g/mol. The fourth-order valence-electron chi connectivity index (χ4n) is 2.27. The topological polar surface area (TPSA) is 0 Å². The quantitative estimate of drug-likeness (QED) is 0.381. The Morgan fingerprint density at radius 2 is 0.760 bits per heavy atom. The summed E-state index contributed by atoms with van der Waals surface area (Å²) in [6.07, 6.45) is 0. The maximum Gasteiger partial charge on any atom is 0.0877 e. The Morgan fingerprint density at radius 1 is 0.480 bits per heavy atom. The van der Waals surface area contributed by atoms with Crippen LogP contribution >= 0.6 is 39.7 Å². The lowest BCUT2D eigenvalue weighted by Crippen LogP contribution is -1.79. The first-order chi connectivity index (χ1) is 12.1. The van der Waals surface area contributed by atoms with Gasteiger partial charge in [-0.2, -0.15) is 0 Å². The van der Waals surface area contributed by atoms with Gasteiger partial charge in [-0.3, -0.25) is 0 Å². The number of hydrogen-bond donors (Lipinski definition) is 0. The van der Waals surface area contributed by atoms with Gasteiger partial charge in [-0.05, 0) is 55.7 Å². The fraction of sp³-hybridized carbons (Fsp3) is 0.143. The normalized spacial score (nSPS) is 11.0. The maximum absolute atomic E-state index is 2.24. The van der Waals surface area contributed by atoms with Crippen LogP contribution in [0.3, 0.4) is 0 Å². The summed E-state index contributed by atoms with van der Waals surface area (Å²) >= 11 is 6.04. The lowest BCUT2D eigenvalue weighted by molar-refractivity contribution is 1.31. The van der Waals surface area contributed by atoms with E-state index in [9.17, 15) is 0 Å². The summed E-state index contributed by atoms with van der Waals surface area (Å²) in [6.45, 7) is 6.60. The van der Waals surface area contributed by atoms with E-state index in [0.717, 1.165) is 0 Å². The average molecular weight is 401 g/mol. The number of benzene rings is 3. The molecule has 0 fully saturated rings. The molecule has 0 amide bonds. The second-order valence-electron chi connectivity index (χ2n) is 5.79. The van der Waals surface area contributed by atoms with Crippen LogP contribution in [0.1, 0.15) is 16.7 Å². The second-order valence-corrected chi connectivity index (χ2v) is 15.1. The Balaban J connectivity index is 1.86. The van der Waals surface area contributed by atoms with Gasteiger partial charge in [-0.25, -0.2) is 0 Å². The Labute approximate surface area is 164 Å². The van der Waals surface area contributed by atoms with Gasteiger partial charge in [0.25, 0.3) is 0 Å². The highest BCUT2D eigenvalue weighted by atomic mass is 33.4. The van der Waals surface area contributed by atoms with Gasteiger partial charge < -0.3 is 0 Å². The molecule has 4 heteroatoms. The minimum absolute atomic E-state index is 0.388. The van der Waals surface area contributed by atoms with E-state index in [-0.39, 0.29) is 5.53 Å². The van der Waals surface area contributed by atoms with Crippen LogP contribution in [0.25, 0.3) is 0 Å². The summed E-state index contributed by atoms with van der Waals surface area (Å²) < 4.78 is 0. The van der Waals surface area contributed by atoms with Gasteiger partial charge in [0.15, 0.2) is 0 Å². The maximum atomic E-state index is 2.24. The highest BCUT2D eigenvalue weighted by molar-refractivity contribution is 9.12. The molecule has 0 nitrogen and oxygen atoms in total. The predicted molar refractivity (Wildman–Crippen MR) is 118 cm³/mol. The third-order valence-corrected chi connectivity index (χ3v) is 13.3. The van der Waals surface area contributed by atoms with E-state index >= 15 is 0 Å². The summed E-state index contributed by atoms with van der Waals surface area (Å²) in [5, 5.41) is 0. The summed E-state index contributed by atoms with van der Waals surface area (Å²) in [5.41, 5.74) is 3.68. The van der Waals surface area contributed by atoms with Crippen LogP contribution < -0.4 is 0 Å². The van der Waals surface area contributed by atoms with E-state index < -0.39 is 0 Å². The van der Waals surface area contributed by atoms with Crippen molar-refractivity contribution in [2.75, 3.05) is 0 Å². The van der Waals surface area contributed by atoms with E-state index in [2.05, 4.69) is 93.6 Å². The highest BCUT2D eigenvalue weighted by Gasteiger charge is 2.17. The molecule has 0 heterocycles. The van der Waals surface area contributed by atoms with E-state index in [1.54, 1.807) is 0 Å². The van der Waals surface area contributed by atoms with E-state index in [4.69, 9.17) is 0 Å². The fourth-order valence-corrected chi connectivity index (χ4v) is 12.9. The predicted octanol–water partition coefficient (Wildman–Crippen LogP) is 8.52. The van der Waals surface area contributed by atoms with Crippen LogP contribution in [0, 0.1) is 20.8 Å². The van der Waals surface area contributed by atoms with Crippen molar-refractivity contribution in [2.24, 2.45) is 0 Å². The van der Waals surface area contributed by atoms with Gasteiger partial charge in [0.05, 0.1) is 5.53 Å². The van der Waals surface area contributed by atoms with Crippen molar-refractivity contribution in [3.63, 3.8) is 0 Å². The number of aryl methyl sites for hydroxylation is 3. The smallest absolute Gasteiger partial charge is 0.0751 e. The lowest BCUT2D eigenvalue weighted by Gasteiger charge is -2.18. The minimum atomic E-state index is -0.388. The molecule has 0 unspecified atom stereocenters. The molecule has 0 aliphatic carbocycles. The van der Waals surface area contributed by atoms with Gasteiger partial charge in [0.1, 0.15) is 0 Å². The van der Waals surface area contributed by atoms with Crippen molar-refractivity contribution in [2.45, 2.75) is 35.5 Å². The third kappa shape index (κ3) is 5.31. The zero-order chi connectivity index (χ0) is 17.6. The molecule has 128 valence electrons. The molecule has 0 aliphatic rings. The van der Waals surface area contributed by atoms with Crippen molar-refractivity contribution in [3.8, 4) is 0 Å². The van der Waals surface area contributed by atoms with Crippen molar-refractivity contribution < 1.29 is 0 Å². The summed E-state index contributed by atoms with van der Waals surface area (Å²) in [6, 6.07) is 26.1. The molecule has 3 aromatic rings. The van der Waals surface area contributed by atoms with Crippen LogP contribution in [-0.4, -0.2) is 0 Å². The molecule has 0 saturated heterocycles. The molecule has 0 N–H and O–H groups in total. The Morgan fingerprint density at radius 3 is 1.04 bits per heavy atom. The van der Waals surface area contributed by atoms with Crippen LogP contribution in [0.15, 0.2) is 87.5 Å². The van der Waals surface area contributed by atoms with Crippen LogP contribution in [0.5, 0.6) is 0 Å². The second kappa shape index (κ2) is 9.19. The lowest BCUT2D eigenvalue weighted by atomic mass is 10.2. The first-order valence-electron chi connectivity index (χ1n) is 8.14. The van der Waals surface area contributed by atoms with E-state index in [0.29, 0.717) is 0 Å². The van der Waals surface area contributed by atoms with Gasteiger partial charge in [-0.15, -0.1) is 0 Å². The van der Waals surface area contributed by atoms with Crippen LogP contribution in [-0.2, 0) is 0 Å². The molecule has 25 heavy (non-hydrogen) atoms. The highest BCUT2D eigenvalue weighted by Crippen LogP contribution is 2.76. The number of hydrogen-bond acceptors (Lipinski definition) is 3. The average Bonchev–Trinajstić information content (AvgIpc) is 2.61. The van der Waals surface area contributed by atoms with Crippen LogP contribution in [0.4, 0.5) is 0 Å².